The molecule has 2 rings (SSSR count). The molecule has 0 aliphatic heterocycles. The van der Waals surface area contributed by atoms with Crippen molar-refractivity contribution in [2.24, 2.45) is 5.73 Å². The zero-order valence-electron chi connectivity index (χ0n) is 10.5. The third-order valence-corrected chi connectivity index (χ3v) is 2.98. The van der Waals surface area contributed by atoms with Gasteiger partial charge in [0.1, 0.15) is 0 Å². The molecule has 0 bridgehead atoms. The number of thiazole rings is 1. The second kappa shape index (κ2) is 5.65. The van der Waals surface area contributed by atoms with E-state index in [0.29, 0.717) is 16.7 Å². The van der Waals surface area contributed by atoms with Crippen molar-refractivity contribution in [3.8, 4) is 11.8 Å². The number of nitrogens with one attached hydrogen (secondary N) is 1. The van der Waals surface area contributed by atoms with Gasteiger partial charge in [-0.25, -0.2) is 9.97 Å². The van der Waals surface area contributed by atoms with Crippen LogP contribution in [0.1, 0.15) is 27.0 Å². The van der Waals surface area contributed by atoms with Gasteiger partial charge in [-0.3, -0.25) is 10.1 Å². The normalized spacial score (nSPS) is 9.84. The lowest BCUT2D eigenvalue weighted by Crippen LogP contribution is -2.11. The average Bonchev–Trinajstić information content (AvgIpc) is 2.93. The monoisotopic (exact) mass is 276 g/mol. The van der Waals surface area contributed by atoms with E-state index in [1.54, 1.807) is 20.0 Å². The standard InChI is InChI=1S/C12H12N4O2S/c1-7-10(18-8(2)15-7)11(17)16-12-14-6-9(19-12)4-3-5-13/h6H,5,13H2,1-2H3,(H,14,16,17). The van der Waals surface area contributed by atoms with Gasteiger partial charge in [0.15, 0.2) is 11.0 Å². The molecule has 0 fully saturated rings. The van der Waals surface area contributed by atoms with Crippen molar-refractivity contribution in [3.05, 3.63) is 28.4 Å². The molecule has 0 saturated carbocycles. The lowest BCUT2D eigenvalue weighted by atomic mass is 10.3. The summed E-state index contributed by atoms with van der Waals surface area (Å²) in [7, 11) is 0. The number of hydrogen-bond acceptors (Lipinski definition) is 6. The summed E-state index contributed by atoms with van der Waals surface area (Å²) in [4.78, 5) is 20.8. The number of anilines is 1. The van der Waals surface area contributed by atoms with Crippen LogP contribution in [0.5, 0.6) is 0 Å². The maximum absolute atomic E-state index is 11.9. The number of carbonyl (C=O) groups excluding carboxylic acids is 1. The fraction of sp³-hybridized carbons (Fsp3) is 0.250. The topological polar surface area (TPSA) is 94.0 Å². The first-order valence-electron chi connectivity index (χ1n) is 5.50. The van der Waals surface area contributed by atoms with Crippen molar-refractivity contribution in [3.63, 3.8) is 0 Å². The highest BCUT2D eigenvalue weighted by Gasteiger charge is 2.17. The van der Waals surface area contributed by atoms with Gasteiger partial charge in [-0.15, -0.1) is 0 Å². The molecule has 19 heavy (non-hydrogen) atoms. The van der Waals surface area contributed by atoms with E-state index in [1.165, 1.54) is 11.3 Å². The Labute approximate surface area is 114 Å². The Morgan fingerprint density at radius 2 is 2.37 bits per heavy atom. The van der Waals surface area contributed by atoms with Gasteiger partial charge < -0.3 is 10.2 Å². The molecular weight excluding hydrogens is 264 g/mol. The number of nitrogens with zero attached hydrogens (tertiary/aromatic N) is 2. The number of hydrogen-bond donors (Lipinski definition) is 2. The van der Waals surface area contributed by atoms with Gasteiger partial charge in [-0.2, -0.15) is 0 Å². The van der Waals surface area contributed by atoms with Crippen LogP contribution in [0.4, 0.5) is 5.13 Å². The summed E-state index contributed by atoms with van der Waals surface area (Å²) in [5.41, 5.74) is 5.83. The quantitative estimate of drug-likeness (QED) is 0.806. The van der Waals surface area contributed by atoms with Gasteiger partial charge in [-0.1, -0.05) is 23.2 Å². The van der Waals surface area contributed by atoms with Gasteiger partial charge in [0.05, 0.1) is 23.3 Å². The first kappa shape index (κ1) is 13.3. The van der Waals surface area contributed by atoms with Crippen LogP contribution >= 0.6 is 11.3 Å². The van der Waals surface area contributed by atoms with Gasteiger partial charge in [0.25, 0.3) is 5.91 Å². The van der Waals surface area contributed by atoms with Crippen LogP contribution in [0, 0.1) is 25.7 Å². The summed E-state index contributed by atoms with van der Waals surface area (Å²) in [5, 5.41) is 3.10. The van der Waals surface area contributed by atoms with Crippen LogP contribution in [-0.4, -0.2) is 22.4 Å². The van der Waals surface area contributed by atoms with Crippen molar-refractivity contribution >= 4 is 22.4 Å². The number of rotatable bonds is 2. The minimum Gasteiger partial charge on any atom is -0.436 e. The molecule has 1 amide bonds. The molecule has 0 aliphatic rings. The molecule has 2 heterocycles. The van der Waals surface area contributed by atoms with E-state index >= 15 is 0 Å². The molecule has 6 nitrogen and oxygen atoms in total. The average molecular weight is 276 g/mol. The zero-order chi connectivity index (χ0) is 13.8. The number of amides is 1. The molecule has 0 aliphatic carbocycles. The van der Waals surface area contributed by atoms with E-state index in [9.17, 15) is 4.79 Å². The molecule has 0 spiro atoms. The number of aromatic nitrogens is 2. The summed E-state index contributed by atoms with van der Waals surface area (Å²) in [6.07, 6.45) is 1.58. The highest BCUT2D eigenvalue weighted by atomic mass is 32.1. The van der Waals surface area contributed by atoms with Crippen LogP contribution in [0.2, 0.25) is 0 Å². The third-order valence-electron chi connectivity index (χ3n) is 2.15. The fourth-order valence-electron chi connectivity index (χ4n) is 1.42. The minimum atomic E-state index is -0.370. The Morgan fingerprint density at radius 1 is 1.58 bits per heavy atom. The number of nitrogens with two attached hydrogens (primary N) is 1. The highest BCUT2D eigenvalue weighted by Crippen LogP contribution is 2.19. The molecular formula is C12H12N4O2S. The molecule has 0 saturated heterocycles. The van der Waals surface area contributed by atoms with Crippen molar-refractivity contribution in [1.29, 1.82) is 0 Å². The second-order valence-electron chi connectivity index (χ2n) is 3.64. The van der Waals surface area contributed by atoms with E-state index in [-0.39, 0.29) is 18.2 Å². The predicted octanol–water partition coefficient (Wildman–Crippen LogP) is 1.31. The lowest BCUT2D eigenvalue weighted by molar-refractivity contribution is 0.0994. The second-order valence-corrected chi connectivity index (χ2v) is 4.67. The van der Waals surface area contributed by atoms with E-state index in [1.807, 2.05) is 0 Å². The summed E-state index contributed by atoms with van der Waals surface area (Å²) in [5.74, 6) is 5.85. The smallest absolute Gasteiger partial charge is 0.295 e. The number of oxazole rings is 1. The molecule has 3 N–H and O–H groups in total. The Bertz CT molecular complexity index is 663. The Kier molecular flexibility index (Phi) is 3.94. The van der Waals surface area contributed by atoms with Crippen molar-refractivity contribution in [2.75, 3.05) is 11.9 Å². The van der Waals surface area contributed by atoms with E-state index in [2.05, 4.69) is 27.1 Å². The Hall–Kier alpha value is -2.17. The zero-order valence-corrected chi connectivity index (χ0v) is 11.3. The fourth-order valence-corrected chi connectivity index (χ4v) is 2.11. The lowest BCUT2D eigenvalue weighted by Gasteiger charge is -1.97. The van der Waals surface area contributed by atoms with Gasteiger partial charge >= 0.3 is 0 Å². The third kappa shape index (κ3) is 3.19. The molecule has 98 valence electrons. The van der Waals surface area contributed by atoms with Gasteiger partial charge in [-0.05, 0) is 6.92 Å². The SMILES string of the molecule is Cc1nc(C)c(C(=O)Nc2ncc(C#CCN)s2)o1. The van der Waals surface area contributed by atoms with Crippen molar-refractivity contribution in [1.82, 2.24) is 9.97 Å². The predicted molar refractivity (Wildman–Crippen MR) is 72.0 cm³/mol. The Morgan fingerprint density at radius 3 is 3.00 bits per heavy atom. The Balaban J connectivity index is 2.11. The first-order chi connectivity index (χ1) is 9.10. The summed E-state index contributed by atoms with van der Waals surface area (Å²) < 4.78 is 5.23. The van der Waals surface area contributed by atoms with E-state index < -0.39 is 0 Å². The number of carbonyl (C=O) groups is 1. The molecule has 0 aromatic carbocycles. The van der Waals surface area contributed by atoms with Crippen molar-refractivity contribution < 1.29 is 9.21 Å². The molecule has 2 aromatic rings. The molecule has 2 aromatic heterocycles. The van der Waals surface area contributed by atoms with Crippen LogP contribution in [-0.2, 0) is 0 Å². The summed E-state index contributed by atoms with van der Waals surface area (Å²) in [6, 6.07) is 0. The van der Waals surface area contributed by atoms with Crippen LogP contribution in [0.3, 0.4) is 0 Å². The van der Waals surface area contributed by atoms with Crippen LogP contribution in [0.15, 0.2) is 10.6 Å². The minimum absolute atomic E-state index is 0.197. The molecule has 7 heteroatoms. The molecule has 0 atom stereocenters. The van der Waals surface area contributed by atoms with E-state index in [4.69, 9.17) is 10.2 Å². The maximum atomic E-state index is 11.9. The summed E-state index contributed by atoms with van der Waals surface area (Å²) >= 11 is 1.27. The van der Waals surface area contributed by atoms with Gasteiger partial charge in [0.2, 0.25) is 5.76 Å². The maximum Gasteiger partial charge on any atom is 0.295 e. The molecule has 0 radical (unpaired) electrons. The molecule has 0 unspecified atom stereocenters. The van der Waals surface area contributed by atoms with Crippen LogP contribution in [0.25, 0.3) is 0 Å². The van der Waals surface area contributed by atoms with Gasteiger partial charge in [0, 0.05) is 6.92 Å². The van der Waals surface area contributed by atoms with E-state index in [0.717, 1.165) is 4.88 Å². The van der Waals surface area contributed by atoms with Crippen LogP contribution < -0.4 is 11.1 Å². The highest BCUT2D eigenvalue weighted by molar-refractivity contribution is 7.16. The number of aryl methyl sites for hydroxylation is 2. The summed E-state index contributed by atoms with van der Waals surface area (Å²) in [6.45, 7) is 3.69. The first-order valence-corrected chi connectivity index (χ1v) is 6.32. The largest absolute Gasteiger partial charge is 0.436 e. The van der Waals surface area contributed by atoms with Crippen molar-refractivity contribution in [2.45, 2.75) is 13.8 Å².